The number of nitrogens with two attached hydrogens (primary N) is 1. The van der Waals surface area contributed by atoms with Crippen LogP contribution in [-0.4, -0.2) is 25.2 Å². The molecule has 2 rings (SSSR count). The summed E-state index contributed by atoms with van der Waals surface area (Å²) < 4.78 is 5.87. The number of nitrogens with zero attached hydrogens (tertiary/aromatic N) is 1. The summed E-state index contributed by atoms with van der Waals surface area (Å²) >= 11 is 1.75. The average Bonchev–Trinajstić information content (AvgIpc) is 3.01. The van der Waals surface area contributed by atoms with Crippen molar-refractivity contribution in [1.82, 2.24) is 5.32 Å². The van der Waals surface area contributed by atoms with Gasteiger partial charge in [-0.15, -0.1) is 35.3 Å². The minimum atomic E-state index is -0.0151. The Morgan fingerprint density at radius 3 is 2.78 bits per heavy atom. The predicted octanol–water partition coefficient (Wildman–Crippen LogP) is 3.59. The van der Waals surface area contributed by atoms with Crippen molar-refractivity contribution in [2.24, 2.45) is 10.7 Å². The van der Waals surface area contributed by atoms with Gasteiger partial charge in [0, 0.05) is 11.4 Å². The van der Waals surface area contributed by atoms with Crippen LogP contribution in [-0.2, 0) is 6.42 Å². The van der Waals surface area contributed by atoms with E-state index in [9.17, 15) is 0 Å². The van der Waals surface area contributed by atoms with Crippen LogP contribution < -0.4 is 15.8 Å². The number of guanidine groups is 1. The number of benzene rings is 1. The highest BCUT2D eigenvalue weighted by molar-refractivity contribution is 14.0. The molecule has 4 nitrogen and oxygen atoms in total. The van der Waals surface area contributed by atoms with Crippen LogP contribution in [0.5, 0.6) is 5.75 Å². The molecule has 1 unspecified atom stereocenters. The molecule has 6 heteroatoms. The predicted molar refractivity (Wildman–Crippen MR) is 109 cm³/mol. The van der Waals surface area contributed by atoms with Crippen molar-refractivity contribution in [1.29, 1.82) is 0 Å². The zero-order valence-corrected chi connectivity index (χ0v) is 16.6. The summed E-state index contributed by atoms with van der Waals surface area (Å²) in [5, 5.41) is 5.21. The molecule has 1 atom stereocenters. The van der Waals surface area contributed by atoms with Gasteiger partial charge in [0.2, 0.25) is 0 Å². The summed E-state index contributed by atoms with van der Waals surface area (Å²) in [6.07, 6.45) is 0.946. The van der Waals surface area contributed by atoms with Crippen LogP contribution in [0.2, 0.25) is 0 Å². The zero-order valence-electron chi connectivity index (χ0n) is 13.5. The van der Waals surface area contributed by atoms with Crippen LogP contribution in [0.3, 0.4) is 0 Å². The van der Waals surface area contributed by atoms with Gasteiger partial charge in [0.25, 0.3) is 0 Å². The highest BCUT2D eigenvalue weighted by atomic mass is 127. The van der Waals surface area contributed by atoms with Crippen molar-refractivity contribution < 1.29 is 4.74 Å². The molecular weight excluding hydrogens is 421 g/mol. The third-order valence-corrected chi connectivity index (χ3v) is 4.13. The summed E-state index contributed by atoms with van der Waals surface area (Å²) in [5.41, 5.74) is 7.00. The van der Waals surface area contributed by atoms with Crippen molar-refractivity contribution >= 4 is 41.3 Å². The maximum atomic E-state index is 5.87. The summed E-state index contributed by atoms with van der Waals surface area (Å²) in [7, 11) is 0. The molecule has 0 saturated carbocycles. The molecule has 0 amide bonds. The van der Waals surface area contributed by atoms with Crippen molar-refractivity contribution in [3.8, 4) is 5.75 Å². The van der Waals surface area contributed by atoms with Crippen LogP contribution in [0.15, 0.2) is 46.8 Å². The quantitative estimate of drug-likeness (QED) is 0.389. The second-order valence-corrected chi connectivity index (χ2v) is 6.21. The van der Waals surface area contributed by atoms with E-state index in [1.165, 1.54) is 4.88 Å². The monoisotopic (exact) mass is 445 g/mol. The number of ether oxygens (including phenoxy) is 1. The number of hydrogen-bond acceptors (Lipinski definition) is 3. The number of thiophene rings is 1. The van der Waals surface area contributed by atoms with E-state index < -0.39 is 0 Å². The lowest BCUT2D eigenvalue weighted by atomic mass is 10.2. The fraction of sp³-hybridized carbons (Fsp3) is 0.353. The standard InChI is InChI=1S/C17H23N3OS.HI/c1-13-6-3-4-8-16(13)21-14(2)12-20-17(18)19-10-9-15-7-5-11-22-15;/h3-8,11,14H,9-10,12H2,1-2H3,(H3,18,19,20);1H. The molecule has 0 radical (unpaired) electrons. The van der Waals surface area contributed by atoms with Crippen LogP contribution in [0.25, 0.3) is 0 Å². The Labute approximate surface area is 159 Å². The van der Waals surface area contributed by atoms with Gasteiger partial charge in [0.15, 0.2) is 5.96 Å². The molecule has 1 heterocycles. The molecule has 0 aliphatic rings. The molecular formula is C17H24IN3OS. The van der Waals surface area contributed by atoms with Gasteiger partial charge in [-0.3, -0.25) is 0 Å². The van der Waals surface area contributed by atoms with E-state index in [-0.39, 0.29) is 30.1 Å². The first-order valence-corrected chi connectivity index (χ1v) is 8.31. The number of nitrogens with one attached hydrogen (secondary N) is 1. The highest BCUT2D eigenvalue weighted by Crippen LogP contribution is 2.17. The molecule has 1 aromatic carbocycles. The van der Waals surface area contributed by atoms with Gasteiger partial charge in [-0.05, 0) is 43.3 Å². The second kappa shape index (κ2) is 10.5. The van der Waals surface area contributed by atoms with E-state index in [0.29, 0.717) is 12.5 Å². The Bertz CT molecular complexity index is 602. The normalized spacial score (nSPS) is 12.3. The molecule has 0 spiro atoms. The summed E-state index contributed by atoms with van der Waals surface area (Å²) in [4.78, 5) is 5.67. The largest absolute Gasteiger partial charge is 0.489 e. The average molecular weight is 445 g/mol. The van der Waals surface area contributed by atoms with Gasteiger partial charge < -0.3 is 15.8 Å². The van der Waals surface area contributed by atoms with Crippen molar-refractivity contribution in [2.45, 2.75) is 26.4 Å². The third-order valence-electron chi connectivity index (χ3n) is 3.20. The van der Waals surface area contributed by atoms with E-state index in [1.807, 2.05) is 38.1 Å². The molecule has 0 bridgehead atoms. The number of hydrogen-bond donors (Lipinski definition) is 2. The SMILES string of the molecule is Cc1ccccc1OC(C)CN=C(N)NCCc1cccs1.I. The molecule has 3 N–H and O–H groups in total. The highest BCUT2D eigenvalue weighted by Gasteiger charge is 2.05. The van der Waals surface area contributed by atoms with Gasteiger partial charge in [-0.25, -0.2) is 4.99 Å². The molecule has 126 valence electrons. The lowest BCUT2D eigenvalue weighted by Gasteiger charge is -2.15. The summed E-state index contributed by atoms with van der Waals surface area (Å²) in [5.74, 6) is 1.37. The molecule has 1 aromatic heterocycles. The molecule has 23 heavy (non-hydrogen) atoms. The minimum Gasteiger partial charge on any atom is -0.489 e. The van der Waals surface area contributed by atoms with Gasteiger partial charge in [-0.2, -0.15) is 0 Å². The smallest absolute Gasteiger partial charge is 0.188 e. The lowest BCUT2D eigenvalue weighted by molar-refractivity contribution is 0.229. The Hall–Kier alpha value is -1.28. The topological polar surface area (TPSA) is 59.6 Å². The van der Waals surface area contributed by atoms with Crippen molar-refractivity contribution in [3.05, 3.63) is 52.2 Å². The lowest BCUT2D eigenvalue weighted by Crippen LogP contribution is -2.34. The molecule has 0 aliphatic carbocycles. The Kier molecular flexibility index (Phi) is 9.01. The first-order valence-electron chi connectivity index (χ1n) is 7.43. The van der Waals surface area contributed by atoms with Gasteiger partial charge in [0.1, 0.15) is 11.9 Å². The second-order valence-electron chi connectivity index (χ2n) is 5.18. The van der Waals surface area contributed by atoms with Gasteiger partial charge in [-0.1, -0.05) is 24.3 Å². The minimum absolute atomic E-state index is 0. The number of para-hydroxylation sites is 1. The van der Waals surface area contributed by atoms with Gasteiger partial charge in [0.05, 0.1) is 6.54 Å². The maximum absolute atomic E-state index is 5.87. The van der Waals surface area contributed by atoms with Crippen molar-refractivity contribution in [3.63, 3.8) is 0 Å². The van der Waals surface area contributed by atoms with Crippen molar-refractivity contribution in [2.75, 3.05) is 13.1 Å². The molecule has 0 aliphatic heterocycles. The molecule has 0 fully saturated rings. The van der Waals surface area contributed by atoms with E-state index >= 15 is 0 Å². The first kappa shape index (κ1) is 19.8. The third kappa shape index (κ3) is 7.22. The van der Waals surface area contributed by atoms with E-state index in [0.717, 1.165) is 24.3 Å². The molecule has 0 saturated heterocycles. The number of halogens is 1. The van der Waals surface area contributed by atoms with E-state index in [2.05, 4.69) is 27.8 Å². The zero-order chi connectivity index (χ0) is 15.8. The Morgan fingerprint density at radius 2 is 2.09 bits per heavy atom. The van der Waals surface area contributed by atoms with Crippen LogP contribution >= 0.6 is 35.3 Å². The maximum Gasteiger partial charge on any atom is 0.188 e. The summed E-state index contributed by atoms with van der Waals surface area (Å²) in [6, 6.07) is 12.2. The fourth-order valence-electron chi connectivity index (χ4n) is 1.99. The van der Waals surface area contributed by atoms with Crippen LogP contribution in [0.1, 0.15) is 17.4 Å². The Morgan fingerprint density at radius 1 is 1.30 bits per heavy atom. The number of rotatable bonds is 7. The number of aliphatic imine (C=N–C) groups is 1. The van der Waals surface area contributed by atoms with Gasteiger partial charge >= 0.3 is 0 Å². The Balaban J connectivity index is 0.00000264. The van der Waals surface area contributed by atoms with Crippen LogP contribution in [0, 0.1) is 6.92 Å². The van der Waals surface area contributed by atoms with E-state index in [1.54, 1.807) is 11.3 Å². The summed E-state index contributed by atoms with van der Waals surface area (Å²) in [6.45, 7) is 5.36. The molecule has 2 aromatic rings. The van der Waals surface area contributed by atoms with Crippen LogP contribution in [0.4, 0.5) is 0 Å². The van der Waals surface area contributed by atoms with E-state index in [4.69, 9.17) is 10.5 Å². The fourth-order valence-corrected chi connectivity index (χ4v) is 2.70. The first-order chi connectivity index (χ1) is 10.6. The number of aryl methyl sites for hydroxylation is 1.